The number of aryl methyl sites for hydroxylation is 3. The van der Waals surface area contributed by atoms with Gasteiger partial charge in [0, 0.05) is 0 Å². The van der Waals surface area contributed by atoms with Crippen LogP contribution in [0.1, 0.15) is 39.9 Å². The Labute approximate surface area is 167 Å². The van der Waals surface area contributed by atoms with Gasteiger partial charge >= 0.3 is 6.03 Å². The summed E-state index contributed by atoms with van der Waals surface area (Å²) in [6.45, 7) is 6.30. The Bertz CT molecular complexity index is 995. The highest BCUT2D eigenvalue weighted by atomic mass is 16.3. The first-order valence-electron chi connectivity index (χ1n) is 8.99. The lowest BCUT2D eigenvalue weighted by atomic mass is 9.91. The highest BCUT2D eigenvalue weighted by Crippen LogP contribution is 2.28. The molecule has 9 heteroatoms. The van der Waals surface area contributed by atoms with E-state index in [1.807, 2.05) is 19.1 Å². The van der Waals surface area contributed by atoms with E-state index in [-0.39, 0.29) is 5.56 Å². The molecule has 1 aromatic heterocycles. The molecule has 2 heterocycles. The molecule has 3 N–H and O–H groups in total. The summed E-state index contributed by atoms with van der Waals surface area (Å²) in [5.41, 5.74) is 5.10. The molecule has 9 nitrogen and oxygen atoms in total. The maximum Gasteiger partial charge on any atom is 0.325 e. The lowest BCUT2D eigenvalue weighted by Crippen LogP contribution is -2.48. The van der Waals surface area contributed by atoms with Crippen molar-refractivity contribution in [2.75, 3.05) is 6.54 Å². The predicted molar refractivity (Wildman–Crippen MR) is 103 cm³/mol. The van der Waals surface area contributed by atoms with E-state index in [0.717, 1.165) is 10.5 Å². The molecule has 5 amide bonds. The van der Waals surface area contributed by atoms with Gasteiger partial charge in [0.25, 0.3) is 17.7 Å². The van der Waals surface area contributed by atoms with Crippen molar-refractivity contribution in [1.29, 1.82) is 0 Å². The van der Waals surface area contributed by atoms with Gasteiger partial charge in [0.05, 0.1) is 5.56 Å². The monoisotopic (exact) mass is 398 g/mol. The number of imide groups is 1. The van der Waals surface area contributed by atoms with Crippen LogP contribution in [0, 0.1) is 20.8 Å². The molecule has 1 aliphatic rings. The Hall–Kier alpha value is -3.62. The smallest absolute Gasteiger partial charge is 0.325 e. The quantitative estimate of drug-likeness (QED) is 0.532. The van der Waals surface area contributed by atoms with Crippen LogP contribution in [0.3, 0.4) is 0 Å². The van der Waals surface area contributed by atoms with Crippen LogP contribution in [-0.4, -0.2) is 35.2 Å². The molecule has 0 radical (unpaired) electrons. The minimum absolute atomic E-state index is 0.282. The van der Waals surface area contributed by atoms with Crippen molar-refractivity contribution >= 4 is 23.8 Å². The zero-order chi connectivity index (χ0) is 21.3. The molecular weight excluding hydrogens is 376 g/mol. The van der Waals surface area contributed by atoms with E-state index in [4.69, 9.17) is 4.42 Å². The van der Waals surface area contributed by atoms with Crippen LogP contribution in [0.15, 0.2) is 34.7 Å². The fourth-order valence-electron chi connectivity index (χ4n) is 3.16. The molecule has 1 saturated heterocycles. The molecule has 0 saturated carbocycles. The minimum Gasteiger partial charge on any atom is -0.466 e. The SMILES string of the molecule is Cc1ccc(C2(C)NC(=O)N(CC(=O)NNC(=O)c3cc(C)oc3C)C2=O)cc1. The average molecular weight is 398 g/mol. The molecular formula is C20H22N4O5. The van der Waals surface area contributed by atoms with Gasteiger partial charge in [-0.3, -0.25) is 30.1 Å². The molecule has 1 aromatic carbocycles. The van der Waals surface area contributed by atoms with Gasteiger partial charge in [-0.15, -0.1) is 0 Å². The Kier molecular flexibility index (Phi) is 5.15. The number of nitrogens with zero attached hydrogens (tertiary/aromatic N) is 1. The summed E-state index contributed by atoms with van der Waals surface area (Å²) in [4.78, 5) is 50.2. The third-order valence-corrected chi connectivity index (χ3v) is 4.81. The lowest BCUT2D eigenvalue weighted by Gasteiger charge is -2.22. The average Bonchev–Trinajstić information content (AvgIpc) is 3.11. The first kappa shape index (κ1) is 20.1. The second-order valence-corrected chi connectivity index (χ2v) is 7.14. The van der Waals surface area contributed by atoms with E-state index in [1.54, 1.807) is 39.0 Å². The second kappa shape index (κ2) is 7.42. The van der Waals surface area contributed by atoms with Crippen LogP contribution in [0.2, 0.25) is 0 Å². The van der Waals surface area contributed by atoms with Crippen LogP contribution in [0.25, 0.3) is 0 Å². The molecule has 1 unspecified atom stereocenters. The van der Waals surface area contributed by atoms with E-state index in [1.165, 1.54) is 0 Å². The fourth-order valence-corrected chi connectivity index (χ4v) is 3.16. The molecule has 152 valence electrons. The number of carbonyl (C=O) groups excluding carboxylic acids is 4. The van der Waals surface area contributed by atoms with E-state index in [0.29, 0.717) is 17.1 Å². The van der Waals surface area contributed by atoms with Gasteiger partial charge in [-0.25, -0.2) is 4.79 Å². The van der Waals surface area contributed by atoms with E-state index in [2.05, 4.69) is 16.2 Å². The third kappa shape index (κ3) is 3.84. The number of hydrazine groups is 1. The molecule has 1 atom stereocenters. The van der Waals surface area contributed by atoms with Gasteiger partial charge < -0.3 is 9.73 Å². The van der Waals surface area contributed by atoms with Gasteiger partial charge in [-0.05, 0) is 39.3 Å². The molecule has 0 bridgehead atoms. The highest BCUT2D eigenvalue weighted by molar-refractivity contribution is 6.09. The molecule has 1 aliphatic heterocycles. The topological polar surface area (TPSA) is 121 Å². The summed E-state index contributed by atoms with van der Waals surface area (Å²) in [6.07, 6.45) is 0. The van der Waals surface area contributed by atoms with Crippen molar-refractivity contribution in [2.24, 2.45) is 0 Å². The molecule has 0 spiro atoms. The van der Waals surface area contributed by atoms with E-state index in [9.17, 15) is 19.2 Å². The number of hydrogen-bond donors (Lipinski definition) is 3. The molecule has 2 aromatic rings. The second-order valence-electron chi connectivity index (χ2n) is 7.14. The summed E-state index contributed by atoms with van der Waals surface area (Å²) >= 11 is 0. The highest BCUT2D eigenvalue weighted by Gasteiger charge is 2.49. The largest absolute Gasteiger partial charge is 0.466 e. The number of nitrogens with one attached hydrogen (secondary N) is 3. The normalized spacial score (nSPS) is 18.6. The third-order valence-electron chi connectivity index (χ3n) is 4.81. The number of furan rings is 1. The van der Waals surface area contributed by atoms with Crippen LogP contribution in [0.5, 0.6) is 0 Å². The minimum atomic E-state index is -1.26. The summed E-state index contributed by atoms with van der Waals surface area (Å²) in [6, 6.07) is 8.05. The van der Waals surface area contributed by atoms with Gasteiger partial charge in [0.1, 0.15) is 23.6 Å². The van der Waals surface area contributed by atoms with E-state index >= 15 is 0 Å². The Morgan fingerprint density at radius 1 is 1.10 bits per heavy atom. The summed E-state index contributed by atoms with van der Waals surface area (Å²) in [7, 11) is 0. The number of benzene rings is 1. The molecule has 0 aliphatic carbocycles. The summed E-state index contributed by atoms with van der Waals surface area (Å²) in [5, 5.41) is 2.63. The first-order valence-corrected chi connectivity index (χ1v) is 8.99. The number of carbonyl (C=O) groups is 4. The van der Waals surface area contributed by atoms with Crippen molar-refractivity contribution < 1.29 is 23.6 Å². The summed E-state index contributed by atoms with van der Waals surface area (Å²) in [5.74, 6) is -0.845. The molecule has 29 heavy (non-hydrogen) atoms. The number of rotatable bonds is 4. The van der Waals surface area contributed by atoms with Crippen LogP contribution < -0.4 is 16.2 Å². The van der Waals surface area contributed by atoms with E-state index < -0.39 is 35.8 Å². The Balaban J connectivity index is 1.63. The standard InChI is InChI=1S/C20H22N4O5/c1-11-5-7-14(8-6-11)20(4)18(27)24(19(28)21-20)10-16(25)22-23-17(26)15-9-12(2)29-13(15)3/h5-9H,10H2,1-4H3,(H,21,28)(H,22,25)(H,23,26). The van der Waals surface area contributed by atoms with Crippen molar-refractivity contribution in [2.45, 2.75) is 33.2 Å². The molecule has 1 fully saturated rings. The van der Waals surface area contributed by atoms with Gasteiger partial charge in [0.2, 0.25) is 0 Å². The van der Waals surface area contributed by atoms with Gasteiger partial charge in [-0.2, -0.15) is 0 Å². The van der Waals surface area contributed by atoms with Crippen LogP contribution in [-0.2, 0) is 15.1 Å². The summed E-state index contributed by atoms with van der Waals surface area (Å²) < 4.78 is 5.27. The Morgan fingerprint density at radius 3 is 2.34 bits per heavy atom. The maximum absolute atomic E-state index is 12.8. The zero-order valence-corrected chi connectivity index (χ0v) is 16.6. The van der Waals surface area contributed by atoms with Gasteiger partial charge in [0.15, 0.2) is 0 Å². The lowest BCUT2D eigenvalue weighted by molar-refractivity contribution is -0.135. The first-order chi connectivity index (χ1) is 13.6. The Morgan fingerprint density at radius 2 is 1.76 bits per heavy atom. The maximum atomic E-state index is 12.8. The van der Waals surface area contributed by atoms with Gasteiger partial charge in [-0.1, -0.05) is 29.8 Å². The zero-order valence-electron chi connectivity index (χ0n) is 16.6. The van der Waals surface area contributed by atoms with Crippen LogP contribution >= 0.6 is 0 Å². The van der Waals surface area contributed by atoms with Crippen LogP contribution in [0.4, 0.5) is 4.79 Å². The van der Waals surface area contributed by atoms with Crippen molar-refractivity contribution in [1.82, 2.24) is 21.1 Å². The van der Waals surface area contributed by atoms with Crippen molar-refractivity contribution in [3.05, 3.63) is 58.5 Å². The number of urea groups is 1. The number of hydrogen-bond acceptors (Lipinski definition) is 5. The molecule has 3 rings (SSSR count). The van der Waals surface area contributed by atoms with Crippen molar-refractivity contribution in [3.63, 3.8) is 0 Å². The van der Waals surface area contributed by atoms with Crippen molar-refractivity contribution in [3.8, 4) is 0 Å². The predicted octanol–water partition coefficient (Wildman–Crippen LogP) is 1.43. The number of amides is 5. The fraction of sp³-hybridized carbons (Fsp3) is 0.300.